The number of H-pyrrole nitrogens is 2. The number of anilines is 1. The minimum Gasteiger partial charge on any atom is -0.465 e. The molecule has 4 rings (SSSR count). The normalized spacial score (nSPS) is 11.2. The summed E-state index contributed by atoms with van der Waals surface area (Å²) in [5.41, 5.74) is 1.86. The maximum atomic E-state index is 13.8. The van der Waals surface area contributed by atoms with Crippen LogP contribution in [0.2, 0.25) is 0 Å². The summed E-state index contributed by atoms with van der Waals surface area (Å²) in [6.45, 7) is 1.76. The summed E-state index contributed by atoms with van der Waals surface area (Å²) >= 11 is 0. The molecule has 0 saturated carbocycles. The Morgan fingerprint density at radius 2 is 1.85 bits per heavy atom. The maximum absolute atomic E-state index is 13.8. The summed E-state index contributed by atoms with van der Waals surface area (Å²) in [4.78, 5) is 29.6. The van der Waals surface area contributed by atoms with Crippen LogP contribution in [0.1, 0.15) is 5.56 Å². The standard InChI is InChI=1S/C17H11F2N5O3/c1-6-2-12-13(21-16(20-12)22-17(26)27)5-7(6)14-8-3-10(18)11(19)4-9(8)15(25)24-23-14/h2-5H,1H3,(H,24,25)(H,26,27)(H2,20,21,22). The lowest BCUT2D eigenvalue weighted by molar-refractivity contribution is 0.209. The van der Waals surface area contributed by atoms with Gasteiger partial charge in [-0.15, -0.1) is 0 Å². The monoisotopic (exact) mass is 371 g/mol. The predicted molar refractivity (Wildman–Crippen MR) is 93.8 cm³/mol. The lowest BCUT2D eigenvalue weighted by Crippen LogP contribution is -2.10. The zero-order valence-corrected chi connectivity index (χ0v) is 13.7. The molecule has 0 aliphatic carbocycles. The molecule has 0 bridgehead atoms. The van der Waals surface area contributed by atoms with Gasteiger partial charge in [0.2, 0.25) is 5.95 Å². The molecule has 8 nitrogen and oxygen atoms in total. The number of aryl methyl sites for hydroxylation is 1. The predicted octanol–water partition coefficient (Wildman–Crippen LogP) is 3.14. The van der Waals surface area contributed by atoms with Crippen LogP contribution in [-0.2, 0) is 0 Å². The molecule has 2 aromatic heterocycles. The van der Waals surface area contributed by atoms with Crippen molar-refractivity contribution in [1.82, 2.24) is 20.2 Å². The molecule has 0 saturated heterocycles. The van der Waals surface area contributed by atoms with Crippen LogP contribution < -0.4 is 10.9 Å². The molecule has 2 aromatic carbocycles. The Balaban J connectivity index is 1.98. The first-order valence-corrected chi connectivity index (χ1v) is 7.71. The van der Waals surface area contributed by atoms with Gasteiger partial charge >= 0.3 is 6.09 Å². The first-order valence-electron chi connectivity index (χ1n) is 7.71. The number of hydrogen-bond acceptors (Lipinski definition) is 4. The molecular weight excluding hydrogens is 360 g/mol. The van der Waals surface area contributed by atoms with Crippen molar-refractivity contribution < 1.29 is 18.7 Å². The first kappa shape index (κ1) is 16.6. The van der Waals surface area contributed by atoms with E-state index in [-0.39, 0.29) is 22.4 Å². The molecule has 27 heavy (non-hydrogen) atoms. The van der Waals surface area contributed by atoms with Crippen LogP contribution in [0.15, 0.2) is 29.1 Å². The summed E-state index contributed by atoms with van der Waals surface area (Å²) in [6.07, 6.45) is -1.27. The Labute approximate surface area is 148 Å². The van der Waals surface area contributed by atoms with Crippen molar-refractivity contribution in [2.24, 2.45) is 0 Å². The Morgan fingerprint density at radius 3 is 2.56 bits per heavy atom. The Morgan fingerprint density at radius 1 is 1.15 bits per heavy atom. The molecule has 0 aliphatic heterocycles. The van der Waals surface area contributed by atoms with Crippen molar-refractivity contribution in [3.05, 3.63) is 51.8 Å². The van der Waals surface area contributed by atoms with Gasteiger partial charge in [-0.25, -0.2) is 23.7 Å². The summed E-state index contributed by atoms with van der Waals surface area (Å²) in [5.74, 6) is -2.18. The van der Waals surface area contributed by atoms with E-state index in [1.807, 2.05) is 0 Å². The highest BCUT2D eigenvalue weighted by molar-refractivity contribution is 5.97. The molecule has 0 spiro atoms. The minimum atomic E-state index is -1.27. The van der Waals surface area contributed by atoms with Gasteiger partial charge in [0, 0.05) is 10.9 Å². The van der Waals surface area contributed by atoms with E-state index in [4.69, 9.17) is 5.11 Å². The van der Waals surface area contributed by atoms with Crippen LogP contribution in [-0.4, -0.2) is 31.4 Å². The van der Waals surface area contributed by atoms with Crippen molar-refractivity contribution in [1.29, 1.82) is 0 Å². The molecule has 0 unspecified atom stereocenters. The van der Waals surface area contributed by atoms with E-state index < -0.39 is 23.3 Å². The van der Waals surface area contributed by atoms with E-state index in [1.165, 1.54) is 0 Å². The van der Waals surface area contributed by atoms with E-state index in [9.17, 15) is 18.4 Å². The highest BCUT2D eigenvalue weighted by atomic mass is 19.2. The van der Waals surface area contributed by atoms with Gasteiger partial charge in [0.1, 0.15) is 0 Å². The van der Waals surface area contributed by atoms with Gasteiger partial charge in [-0.05, 0) is 36.8 Å². The Bertz CT molecular complexity index is 1300. The average molecular weight is 371 g/mol. The second-order valence-electron chi connectivity index (χ2n) is 5.91. The van der Waals surface area contributed by atoms with Crippen LogP contribution in [0, 0.1) is 18.6 Å². The topological polar surface area (TPSA) is 124 Å². The smallest absolute Gasteiger partial charge is 0.411 e. The fourth-order valence-corrected chi connectivity index (χ4v) is 2.94. The number of carboxylic acid groups (broad SMARTS) is 1. The second-order valence-corrected chi connectivity index (χ2v) is 5.91. The van der Waals surface area contributed by atoms with Gasteiger partial charge < -0.3 is 10.1 Å². The lowest BCUT2D eigenvalue weighted by Gasteiger charge is -2.09. The fourth-order valence-electron chi connectivity index (χ4n) is 2.94. The third-order valence-electron chi connectivity index (χ3n) is 4.14. The molecule has 4 aromatic rings. The van der Waals surface area contributed by atoms with Crippen LogP contribution in [0.3, 0.4) is 0 Å². The van der Waals surface area contributed by atoms with E-state index in [0.29, 0.717) is 22.2 Å². The van der Waals surface area contributed by atoms with Crippen LogP contribution in [0.25, 0.3) is 33.1 Å². The molecule has 0 radical (unpaired) electrons. The van der Waals surface area contributed by atoms with Gasteiger partial charge in [0.15, 0.2) is 11.6 Å². The quantitative estimate of drug-likeness (QED) is 0.431. The van der Waals surface area contributed by atoms with Gasteiger partial charge in [0.05, 0.1) is 22.1 Å². The van der Waals surface area contributed by atoms with Crippen LogP contribution in [0.4, 0.5) is 19.5 Å². The number of nitrogens with zero attached hydrogens (tertiary/aromatic N) is 2. The molecule has 0 fully saturated rings. The Kier molecular flexibility index (Phi) is 3.62. The third-order valence-corrected chi connectivity index (χ3v) is 4.14. The fraction of sp³-hybridized carbons (Fsp3) is 0.0588. The molecule has 0 aliphatic rings. The zero-order chi connectivity index (χ0) is 19.3. The number of carbonyl (C=O) groups is 1. The number of imidazole rings is 1. The number of nitrogens with one attached hydrogen (secondary N) is 3. The summed E-state index contributed by atoms with van der Waals surface area (Å²) < 4.78 is 27.3. The Hall–Kier alpha value is -3.82. The van der Waals surface area contributed by atoms with E-state index in [0.717, 1.165) is 12.1 Å². The number of hydrogen-bond donors (Lipinski definition) is 4. The summed E-state index contributed by atoms with van der Waals surface area (Å²) in [6, 6.07) is 5.08. The number of halogens is 2. The molecule has 4 N–H and O–H groups in total. The highest BCUT2D eigenvalue weighted by Crippen LogP contribution is 2.31. The average Bonchev–Trinajstić information content (AvgIpc) is 2.97. The number of rotatable bonds is 2. The van der Waals surface area contributed by atoms with Crippen molar-refractivity contribution in [2.75, 3.05) is 5.32 Å². The zero-order valence-electron chi connectivity index (χ0n) is 13.7. The van der Waals surface area contributed by atoms with Gasteiger partial charge in [-0.3, -0.25) is 10.1 Å². The van der Waals surface area contributed by atoms with Crippen molar-refractivity contribution in [2.45, 2.75) is 6.92 Å². The van der Waals surface area contributed by atoms with Crippen molar-refractivity contribution in [3.63, 3.8) is 0 Å². The summed E-state index contributed by atoms with van der Waals surface area (Å²) in [5, 5.41) is 17.3. The molecule has 1 amide bonds. The highest BCUT2D eigenvalue weighted by Gasteiger charge is 2.16. The van der Waals surface area contributed by atoms with Crippen molar-refractivity contribution in [3.8, 4) is 11.3 Å². The number of benzene rings is 2. The first-order chi connectivity index (χ1) is 12.8. The summed E-state index contributed by atoms with van der Waals surface area (Å²) in [7, 11) is 0. The van der Waals surface area contributed by atoms with Gasteiger partial charge in [-0.1, -0.05) is 0 Å². The maximum Gasteiger partial charge on any atom is 0.411 e. The molecule has 0 atom stereocenters. The lowest BCUT2D eigenvalue weighted by atomic mass is 10.00. The largest absolute Gasteiger partial charge is 0.465 e. The van der Waals surface area contributed by atoms with Gasteiger partial charge in [0.25, 0.3) is 5.56 Å². The molecule has 10 heteroatoms. The van der Waals surface area contributed by atoms with Crippen LogP contribution in [0.5, 0.6) is 0 Å². The molecule has 2 heterocycles. The van der Waals surface area contributed by atoms with E-state index in [2.05, 4.69) is 25.5 Å². The van der Waals surface area contributed by atoms with Crippen LogP contribution >= 0.6 is 0 Å². The number of amides is 1. The van der Waals surface area contributed by atoms with E-state index in [1.54, 1.807) is 19.1 Å². The van der Waals surface area contributed by atoms with Gasteiger partial charge in [-0.2, -0.15) is 5.10 Å². The number of aromatic nitrogens is 4. The molecule has 136 valence electrons. The molecular formula is C17H11F2N5O3. The minimum absolute atomic E-state index is 0.0337. The third kappa shape index (κ3) is 2.76. The number of fused-ring (bicyclic) bond motifs is 2. The second kappa shape index (κ2) is 5.87. The van der Waals surface area contributed by atoms with Crippen molar-refractivity contribution >= 4 is 33.8 Å². The SMILES string of the molecule is Cc1cc2[nH]c(NC(=O)O)nc2cc1-c1n[nH]c(=O)c2cc(F)c(F)cc12. The number of aromatic amines is 2. The van der Waals surface area contributed by atoms with E-state index >= 15 is 0 Å².